The third kappa shape index (κ3) is 4.95. The van der Waals surface area contributed by atoms with Crippen LogP contribution in [0, 0.1) is 6.92 Å². The molecule has 0 aliphatic carbocycles. The number of carbonyl (C=O) groups is 2. The average molecular weight is 350 g/mol. The summed E-state index contributed by atoms with van der Waals surface area (Å²) in [4.78, 5) is 27.1. The molecule has 0 aliphatic heterocycles. The second kappa shape index (κ2) is 8.30. The van der Waals surface area contributed by atoms with Gasteiger partial charge in [0, 0.05) is 6.07 Å². The third-order valence-electron chi connectivity index (χ3n) is 3.08. The van der Waals surface area contributed by atoms with E-state index in [0.717, 1.165) is 11.3 Å². The summed E-state index contributed by atoms with van der Waals surface area (Å²) in [5, 5.41) is 12.2. The van der Waals surface area contributed by atoms with Crippen LogP contribution >= 0.6 is 11.3 Å². The molecular weight excluding hydrogens is 332 g/mol. The van der Waals surface area contributed by atoms with Crippen LogP contribution in [0.4, 0.5) is 0 Å². The monoisotopic (exact) mass is 350 g/mol. The highest BCUT2D eigenvalue weighted by molar-refractivity contribution is 7.13. The summed E-state index contributed by atoms with van der Waals surface area (Å²) in [6, 6.07) is 7.19. The molecule has 8 heteroatoms. The Hall–Kier alpha value is -2.61. The highest BCUT2D eigenvalue weighted by Gasteiger charge is 2.15. The quantitative estimate of drug-likeness (QED) is 0.706. The molecule has 1 amide bonds. The van der Waals surface area contributed by atoms with E-state index in [-0.39, 0.29) is 17.2 Å². The van der Waals surface area contributed by atoms with Crippen molar-refractivity contribution in [3.63, 3.8) is 0 Å². The predicted molar refractivity (Wildman–Crippen MR) is 89.0 cm³/mol. The zero-order valence-electron chi connectivity index (χ0n) is 13.4. The van der Waals surface area contributed by atoms with Gasteiger partial charge >= 0.3 is 5.97 Å². The van der Waals surface area contributed by atoms with E-state index in [1.54, 1.807) is 26.2 Å². The molecule has 0 spiro atoms. The molecule has 1 heterocycles. The molecule has 0 aliphatic rings. The minimum absolute atomic E-state index is 0.0535. The lowest BCUT2D eigenvalue weighted by molar-refractivity contribution is -0.120. The Bertz CT molecular complexity index is 729. The van der Waals surface area contributed by atoms with Gasteiger partial charge in [0.05, 0.1) is 25.8 Å². The van der Waals surface area contributed by atoms with Crippen molar-refractivity contribution in [1.82, 2.24) is 10.3 Å². The minimum Gasteiger partial charge on any atom is -0.497 e. The van der Waals surface area contributed by atoms with Crippen molar-refractivity contribution in [3.05, 3.63) is 39.8 Å². The minimum atomic E-state index is -1.02. The molecule has 0 saturated heterocycles. The number of aryl methyl sites for hydroxylation is 1. The van der Waals surface area contributed by atoms with E-state index >= 15 is 0 Å². The summed E-state index contributed by atoms with van der Waals surface area (Å²) in [5.41, 5.74) is 0.427. The van der Waals surface area contributed by atoms with Gasteiger partial charge in [-0.3, -0.25) is 4.79 Å². The number of carboxylic acids is 1. The first-order chi connectivity index (χ1) is 11.5. The summed E-state index contributed by atoms with van der Waals surface area (Å²) in [7, 11) is 1.58. The van der Waals surface area contributed by atoms with Gasteiger partial charge in [0.25, 0.3) is 0 Å². The molecule has 1 aromatic heterocycles. The van der Waals surface area contributed by atoms with Crippen molar-refractivity contribution < 1.29 is 24.2 Å². The third-order valence-corrected chi connectivity index (χ3v) is 4.23. The number of carboxylic acid groups (broad SMARTS) is 1. The molecule has 2 rings (SSSR count). The Morgan fingerprint density at radius 1 is 1.33 bits per heavy atom. The Morgan fingerprint density at radius 3 is 2.75 bits per heavy atom. The van der Waals surface area contributed by atoms with E-state index in [0.29, 0.717) is 35.4 Å². The van der Waals surface area contributed by atoms with E-state index in [1.165, 1.54) is 0 Å². The van der Waals surface area contributed by atoms with Gasteiger partial charge in [0.1, 0.15) is 28.0 Å². The second-order valence-corrected chi connectivity index (χ2v) is 5.97. The number of nitrogens with one attached hydrogen (secondary N) is 1. The van der Waals surface area contributed by atoms with Crippen LogP contribution in [-0.4, -0.2) is 42.2 Å². The molecule has 0 saturated carbocycles. The molecule has 128 valence electrons. The summed E-state index contributed by atoms with van der Waals surface area (Å²) in [6.45, 7) is 2.27. The lowest BCUT2D eigenvalue weighted by atomic mass is 10.3. The van der Waals surface area contributed by atoms with E-state index in [4.69, 9.17) is 14.6 Å². The smallest absolute Gasteiger partial charge is 0.347 e. The van der Waals surface area contributed by atoms with Gasteiger partial charge in [-0.2, -0.15) is 0 Å². The van der Waals surface area contributed by atoms with Gasteiger partial charge in [-0.05, 0) is 19.1 Å². The zero-order chi connectivity index (χ0) is 17.5. The van der Waals surface area contributed by atoms with Crippen molar-refractivity contribution in [2.75, 3.05) is 20.3 Å². The first-order valence-electron chi connectivity index (χ1n) is 7.22. The first-order valence-corrected chi connectivity index (χ1v) is 8.04. The molecular formula is C16H18N2O5S. The van der Waals surface area contributed by atoms with Crippen molar-refractivity contribution in [1.29, 1.82) is 0 Å². The molecule has 1 aromatic carbocycles. The van der Waals surface area contributed by atoms with E-state index in [1.807, 2.05) is 12.1 Å². The molecule has 2 N–H and O–H groups in total. The van der Waals surface area contributed by atoms with Crippen LogP contribution < -0.4 is 14.8 Å². The van der Waals surface area contributed by atoms with Crippen LogP contribution in [0.2, 0.25) is 0 Å². The standard InChI is InChI=1S/C16H18N2O5S/c1-10-15(16(20)21)24-14(18-10)9-13(19)17-6-7-23-12-5-3-4-11(8-12)22-2/h3-5,8H,6-7,9H2,1-2H3,(H,17,19)(H,20,21). The summed E-state index contributed by atoms with van der Waals surface area (Å²) >= 11 is 1.02. The molecule has 7 nitrogen and oxygen atoms in total. The van der Waals surface area contributed by atoms with Crippen LogP contribution in [-0.2, 0) is 11.2 Å². The molecule has 0 atom stereocenters. The normalized spacial score (nSPS) is 10.2. The number of aromatic carboxylic acids is 1. The van der Waals surface area contributed by atoms with E-state index in [9.17, 15) is 9.59 Å². The van der Waals surface area contributed by atoms with Gasteiger partial charge < -0.3 is 19.9 Å². The Morgan fingerprint density at radius 2 is 2.08 bits per heavy atom. The number of hydrogen-bond donors (Lipinski definition) is 2. The number of rotatable bonds is 8. The van der Waals surface area contributed by atoms with Crippen molar-refractivity contribution in [2.24, 2.45) is 0 Å². The molecule has 0 bridgehead atoms. The molecule has 0 radical (unpaired) electrons. The molecule has 0 unspecified atom stereocenters. The lowest BCUT2D eigenvalue weighted by Crippen LogP contribution is -2.29. The summed E-state index contributed by atoms with van der Waals surface area (Å²) in [5.74, 6) is 0.105. The van der Waals surface area contributed by atoms with Crippen LogP contribution in [0.5, 0.6) is 11.5 Å². The Kier molecular flexibility index (Phi) is 6.14. The number of thiazole rings is 1. The molecule has 0 fully saturated rings. The first kappa shape index (κ1) is 17.7. The second-order valence-electron chi connectivity index (χ2n) is 4.88. The largest absolute Gasteiger partial charge is 0.497 e. The number of aromatic nitrogens is 1. The predicted octanol–water partition coefficient (Wildman–Crippen LogP) is 1.90. The number of methoxy groups -OCH3 is 1. The Balaban J connectivity index is 1.75. The van der Waals surface area contributed by atoms with Gasteiger partial charge in [-0.15, -0.1) is 11.3 Å². The van der Waals surface area contributed by atoms with Crippen LogP contribution in [0.25, 0.3) is 0 Å². The Labute approximate surface area is 143 Å². The zero-order valence-corrected chi connectivity index (χ0v) is 14.2. The van der Waals surface area contributed by atoms with Gasteiger partial charge in [-0.1, -0.05) is 6.07 Å². The average Bonchev–Trinajstić information content (AvgIpc) is 2.92. The highest BCUT2D eigenvalue weighted by atomic mass is 32.1. The lowest BCUT2D eigenvalue weighted by Gasteiger charge is -2.08. The van der Waals surface area contributed by atoms with Crippen molar-refractivity contribution in [3.8, 4) is 11.5 Å². The number of hydrogen-bond acceptors (Lipinski definition) is 6. The maximum absolute atomic E-state index is 11.8. The number of benzene rings is 1. The van der Waals surface area contributed by atoms with Crippen LogP contribution in [0.15, 0.2) is 24.3 Å². The maximum atomic E-state index is 11.8. The maximum Gasteiger partial charge on any atom is 0.347 e. The summed E-state index contributed by atoms with van der Waals surface area (Å²) < 4.78 is 10.6. The van der Waals surface area contributed by atoms with Crippen molar-refractivity contribution in [2.45, 2.75) is 13.3 Å². The highest BCUT2D eigenvalue weighted by Crippen LogP contribution is 2.19. The van der Waals surface area contributed by atoms with Crippen LogP contribution in [0.3, 0.4) is 0 Å². The fourth-order valence-corrected chi connectivity index (χ4v) is 2.88. The van der Waals surface area contributed by atoms with E-state index < -0.39 is 5.97 Å². The number of nitrogens with zero attached hydrogens (tertiary/aromatic N) is 1. The fraction of sp³-hybridized carbons (Fsp3) is 0.312. The molecule has 2 aromatic rings. The number of carbonyl (C=O) groups excluding carboxylic acids is 1. The molecule has 24 heavy (non-hydrogen) atoms. The van der Waals surface area contributed by atoms with Crippen LogP contribution in [0.1, 0.15) is 20.4 Å². The SMILES string of the molecule is COc1cccc(OCCNC(=O)Cc2nc(C)c(C(=O)O)s2)c1. The number of amides is 1. The topological polar surface area (TPSA) is 97.8 Å². The van der Waals surface area contributed by atoms with Gasteiger partial charge in [0.15, 0.2) is 0 Å². The van der Waals surface area contributed by atoms with Crippen molar-refractivity contribution >= 4 is 23.2 Å². The number of ether oxygens (including phenoxy) is 2. The fourth-order valence-electron chi connectivity index (χ4n) is 1.98. The summed E-state index contributed by atoms with van der Waals surface area (Å²) in [6.07, 6.45) is 0.0535. The van der Waals surface area contributed by atoms with Gasteiger partial charge in [0.2, 0.25) is 5.91 Å². The van der Waals surface area contributed by atoms with E-state index in [2.05, 4.69) is 10.3 Å². The van der Waals surface area contributed by atoms with Gasteiger partial charge in [-0.25, -0.2) is 9.78 Å².